The van der Waals surface area contributed by atoms with Gasteiger partial charge in [0.25, 0.3) is 11.8 Å². The first-order chi connectivity index (χ1) is 12.5. The molecule has 2 N–H and O–H groups in total. The molecule has 0 fully saturated rings. The van der Waals surface area contributed by atoms with Crippen molar-refractivity contribution in [1.29, 1.82) is 0 Å². The molecule has 0 radical (unpaired) electrons. The number of carbonyl (C=O) groups excluding carboxylic acids is 2. The van der Waals surface area contributed by atoms with Crippen LogP contribution in [0, 0.1) is 18.6 Å². The Bertz CT molecular complexity index is 985. The van der Waals surface area contributed by atoms with Gasteiger partial charge >= 0.3 is 0 Å². The van der Waals surface area contributed by atoms with Crippen molar-refractivity contribution in [1.82, 2.24) is 10.6 Å². The Morgan fingerprint density at radius 1 is 0.962 bits per heavy atom. The van der Waals surface area contributed by atoms with Gasteiger partial charge in [-0.3, -0.25) is 9.59 Å². The first kappa shape index (κ1) is 18.0. The topological polar surface area (TPSA) is 58.2 Å². The molecule has 2 aromatic carbocycles. The monoisotopic (exact) mass is 374 g/mol. The van der Waals surface area contributed by atoms with E-state index < -0.39 is 11.7 Å². The second-order valence-electron chi connectivity index (χ2n) is 5.74. The molecule has 0 aliphatic carbocycles. The van der Waals surface area contributed by atoms with E-state index in [1.54, 1.807) is 19.1 Å². The molecule has 0 saturated carbocycles. The number of fused-ring (bicyclic) bond motifs is 1. The Kier molecular flexibility index (Phi) is 5.27. The van der Waals surface area contributed by atoms with E-state index in [0.717, 1.165) is 0 Å². The average molecular weight is 374 g/mol. The molecule has 3 aromatic rings. The fourth-order valence-corrected chi connectivity index (χ4v) is 3.40. The molecule has 26 heavy (non-hydrogen) atoms. The van der Waals surface area contributed by atoms with E-state index in [0.29, 0.717) is 20.5 Å². The predicted octanol–water partition coefficient (Wildman–Crippen LogP) is 3.65. The number of amides is 2. The molecule has 7 heteroatoms. The molecule has 4 nitrogen and oxygen atoms in total. The molecule has 3 rings (SSSR count). The molecule has 2 amide bonds. The molecule has 0 bridgehead atoms. The number of rotatable bonds is 5. The molecule has 0 saturated heterocycles. The quantitative estimate of drug-likeness (QED) is 0.670. The standard InChI is InChI=1S/C19H16F2N2O2S/c1-11-5-6-12(9-15(11)21)18(24)22-7-8-23-19(25)17-10-13-14(20)3-2-4-16(13)26-17/h2-6,9-10H,7-8H2,1H3,(H,22,24)(H,23,25). The molecule has 0 aliphatic rings. The van der Waals surface area contributed by atoms with Crippen molar-refractivity contribution in [2.45, 2.75) is 6.92 Å². The minimum absolute atomic E-state index is 0.194. The summed E-state index contributed by atoms with van der Waals surface area (Å²) < 4.78 is 27.8. The van der Waals surface area contributed by atoms with Gasteiger partial charge in [0.1, 0.15) is 11.6 Å². The summed E-state index contributed by atoms with van der Waals surface area (Å²) in [6.07, 6.45) is 0. The summed E-state index contributed by atoms with van der Waals surface area (Å²) in [5, 5.41) is 5.69. The van der Waals surface area contributed by atoms with Crippen LogP contribution in [0.2, 0.25) is 0 Å². The Labute approximate surface area is 152 Å². The van der Waals surface area contributed by atoms with Crippen molar-refractivity contribution in [3.8, 4) is 0 Å². The van der Waals surface area contributed by atoms with Crippen LogP contribution in [-0.4, -0.2) is 24.9 Å². The minimum Gasteiger partial charge on any atom is -0.350 e. The zero-order valence-electron chi connectivity index (χ0n) is 13.9. The molecule has 0 aliphatic heterocycles. The van der Waals surface area contributed by atoms with Gasteiger partial charge in [-0.15, -0.1) is 11.3 Å². The van der Waals surface area contributed by atoms with Gasteiger partial charge in [-0.25, -0.2) is 8.78 Å². The van der Waals surface area contributed by atoms with E-state index in [1.165, 1.54) is 41.7 Å². The fraction of sp³-hybridized carbons (Fsp3) is 0.158. The van der Waals surface area contributed by atoms with Crippen molar-refractivity contribution in [3.63, 3.8) is 0 Å². The van der Waals surface area contributed by atoms with E-state index in [-0.39, 0.29) is 30.4 Å². The average Bonchev–Trinajstić information content (AvgIpc) is 3.06. The SMILES string of the molecule is Cc1ccc(C(=O)NCCNC(=O)c2cc3c(F)cccc3s2)cc1F. The van der Waals surface area contributed by atoms with Gasteiger partial charge in [0, 0.05) is 28.7 Å². The number of hydrogen-bond acceptors (Lipinski definition) is 3. The van der Waals surface area contributed by atoms with E-state index >= 15 is 0 Å². The van der Waals surface area contributed by atoms with Crippen molar-refractivity contribution in [3.05, 3.63) is 70.1 Å². The van der Waals surface area contributed by atoms with Gasteiger partial charge < -0.3 is 10.6 Å². The number of benzene rings is 2. The van der Waals surface area contributed by atoms with Crippen LogP contribution in [0.1, 0.15) is 25.6 Å². The summed E-state index contributed by atoms with van der Waals surface area (Å²) in [5.41, 5.74) is 0.688. The van der Waals surface area contributed by atoms with E-state index in [4.69, 9.17) is 0 Å². The summed E-state index contributed by atoms with van der Waals surface area (Å²) in [5.74, 6) is -1.55. The number of nitrogens with one attached hydrogen (secondary N) is 2. The first-order valence-corrected chi connectivity index (χ1v) is 8.78. The van der Waals surface area contributed by atoms with Crippen molar-refractivity contribution >= 4 is 33.2 Å². The lowest BCUT2D eigenvalue weighted by Gasteiger charge is -2.07. The third-order valence-corrected chi connectivity index (χ3v) is 4.96. The number of thiophene rings is 1. The second kappa shape index (κ2) is 7.61. The van der Waals surface area contributed by atoms with Crippen LogP contribution < -0.4 is 10.6 Å². The van der Waals surface area contributed by atoms with E-state index in [2.05, 4.69) is 10.6 Å². The predicted molar refractivity (Wildman–Crippen MR) is 97.6 cm³/mol. The zero-order chi connectivity index (χ0) is 18.7. The van der Waals surface area contributed by atoms with Crippen LogP contribution in [0.25, 0.3) is 10.1 Å². The van der Waals surface area contributed by atoms with Crippen LogP contribution in [0.4, 0.5) is 8.78 Å². The summed E-state index contributed by atoms with van der Waals surface area (Å²) in [6, 6.07) is 10.5. The molecule has 0 atom stereocenters. The Morgan fingerprint density at radius 2 is 1.69 bits per heavy atom. The second-order valence-corrected chi connectivity index (χ2v) is 6.82. The minimum atomic E-state index is -0.442. The highest BCUT2D eigenvalue weighted by atomic mass is 32.1. The third-order valence-electron chi connectivity index (χ3n) is 3.86. The molecule has 0 unspecified atom stereocenters. The highest BCUT2D eigenvalue weighted by Crippen LogP contribution is 2.27. The maximum atomic E-state index is 13.7. The van der Waals surface area contributed by atoms with Crippen LogP contribution >= 0.6 is 11.3 Å². The Morgan fingerprint density at radius 3 is 2.38 bits per heavy atom. The Hall–Kier alpha value is -2.80. The maximum absolute atomic E-state index is 13.7. The number of aryl methyl sites for hydroxylation is 1. The largest absolute Gasteiger partial charge is 0.350 e. The van der Waals surface area contributed by atoms with Crippen molar-refractivity contribution in [2.24, 2.45) is 0 Å². The van der Waals surface area contributed by atoms with Gasteiger partial charge in [-0.2, -0.15) is 0 Å². The highest BCUT2D eigenvalue weighted by Gasteiger charge is 2.12. The molecule has 0 spiro atoms. The lowest BCUT2D eigenvalue weighted by Crippen LogP contribution is -2.34. The van der Waals surface area contributed by atoms with E-state index in [1.807, 2.05) is 0 Å². The summed E-state index contributed by atoms with van der Waals surface area (Å²) in [4.78, 5) is 24.5. The lowest BCUT2D eigenvalue weighted by molar-refractivity contribution is 0.0929. The highest BCUT2D eigenvalue weighted by molar-refractivity contribution is 7.20. The van der Waals surface area contributed by atoms with Gasteiger partial charge in [-0.05, 0) is 42.8 Å². The third kappa shape index (κ3) is 3.88. The smallest absolute Gasteiger partial charge is 0.261 e. The Balaban J connectivity index is 1.52. The van der Waals surface area contributed by atoms with Gasteiger partial charge in [0.05, 0.1) is 4.88 Å². The first-order valence-electron chi connectivity index (χ1n) is 7.96. The van der Waals surface area contributed by atoms with Crippen LogP contribution in [0.15, 0.2) is 42.5 Å². The molecule has 1 heterocycles. The van der Waals surface area contributed by atoms with Gasteiger partial charge in [0.2, 0.25) is 0 Å². The van der Waals surface area contributed by atoms with Gasteiger partial charge in [0.15, 0.2) is 0 Å². The van der Waals surface area contributed by atoms with Crippen LogP contribution in [0.3, 0.4) is 0 Å². The summed E-state index contributed by atoms with van der Waals surface area (Å²) in [6.45, 7) is 2.02. The number of carbonyl (C=O) groups is 2. The summed E-state index contributed by atoms with van der Waals surface area (Å²) >= 11 is 1.20. The fourth-order valence-electron chi connectivity index (χ4n) is 2.41. The van der Waals surface area contributed by atoms with Crippen LogP contribution in [-0.2, 0) is 0 Å². The molecular formula is C19H16F2N2O2S. The van der Waals surface area contributed by atoms with Crippen LogP contribution in [0.5, 0.6) is 0 Å². The molecule has 134 valence electrons. The van der Waals surface area contributed by atoms with Gasteiger partial charge in [-0.1, -0.05) is 12.1 Å². The normalized spacial score (nSPS) is 10.7. The lowest BCUT2D eigenvalue weighted by atomic mass is 10.1. The summed E-state index contributed by atoms with van der Waals surface area (Å²) in [7, 11) is 0. The number of hydrogen-bond donors (Lipinski definition) is 2. The van der Waals surface area contributed by atoms with Crippen molar-refractivity contribution in [2.75, 3.05) is 13.1 Å². The maximum Gasteiger partial charge on any atom is 0.261 e. The molecule has 1 aromatic heterocycles. The van der Waals surface area contributed by atoms with Crippen molar-refractivity contribution < 1.29 is 18.4 Å². The molecular weight excluding hydrogens is 358 g/mol. The van der Waals surface area contributed by atoms with E-state index in [9.17, 15) is 18.4 Å². The number of halogens is 2. The zero-order valence-corrected chi connectivity index (χ0v) is 14.8.